The molecule has 1 saturated heterocycles. The van der Waals surface area contributed by atoms with E-state index >= 15 is 0 Å². The first-order valence-electron chi connectivity index (χ1n) is 11.1. The Balaban J connectivity index is 1.67. The summed E-state index contributed by atoms with van der Waals surface area (Å²) < 4.78 is 53.8. The van der Waals surface area contributed by atoms with Crippen LogP contribution in [0.5, 0.6) is 5.75 Å². The number of nitrogens with one attached hydrogen (secondary N) is 1. The minimum absolute atomic E-state index is 0.0394. The summed E-state index contributed by atoms with van der Waals surface area (Å²) in [5, 5.41) is 2.85. The summed E-state index contributed by atoms with van der Waals surface area (Å²) in [7, 11) is -0.514. The molecule has 0 aromatic heterocycles. The molecule has 0 spiro atoms. The summed E-state index contributed by atoms with van der Waals surface area (Å²) in [6, 6.07) is 9.35. The van der Waals surface area contributed by atoms with Gasteiger partial charge in [-0.15, -0.1) is 0 Å². The van der Waals surface area contributed by atoms with Crippen LogP contribution in [0.4, 0.5) is 13.6 Å². The number of amides is 2. The molecular weight excluding hydrogens is 376 g/mol. The van der Waals surface area contributed by atoms with Gasteiger partial charge in [-0.2, -0.15) is 0 Å². The molecule has 1 fully saturated rings. The van der Waals surface area contributed by atoms with Crippen molar-refractivity contribution in [3.05, 3.63) is 65.2 Å². The second-order valence-corrected chi connectivity index (χ2v) is 7.30. The number of carbonyl (C=O) groups is 1. The molecule has 29 heavy (non-hydrogen) atoms. The molecular formula is C22H27F2N3O2. The number of carbonyl (C=O) groups excluding carboxylic acids is 1. The lowest BCUT2D eigenvalue weighted by atomic mass is 10.0. The van der Waals surface area contributed by atoms with E-state index in [0.29, 0.717) is 0 Å². The summed E-state index contributed by atoms with van der Waals surface area (Å²) in [4.78, 5) is 16.8. The van der Waals surface area contributed by atoms with Gasteiger partial charge in [0.1, 0.15) is 17.4 Å². The molecule has 2 aromatic carbocycles. The van der Waals surface area contributed by atoms with E-state index in [0.717, 1.165) is 37.6 Å². The number of rotatable bonds is 6. The van der Waals surface area contributed by atoms with Crippen molar-refractivity contribution in [1.82, 2.24) is 15.1 Å². The van der Waals surface area contributed by atoms with Crippen LogP contribution in [-0.2, 0) is 13.1 Å². The maximum Gasteiger partial charge on any atom is 0.318 e. The summed E-state index contributed by atoms with van der Waals surface area (Å²) in [5.74, 6) is -1.13. The van der Waals surface area contributed by atoms with E-state index in [4.69, 9.17) is 8.85 Å². The van der Waals surface area contributed by atoms with Crippen LogP contribution in [0, 0.1) is 11.6 Å². The lowest BCUT2D eigenvalue weighted by molar-refractivity contribution is 0.126. The molecule has 3 rings (SSSR count). The first kappa shape index (κ1) is 17.2. The molecule has 0 unspecified atom stereocenters. The molecule has 0 saturated carbocycles. The zero-order valence-corrected chi connectivity index (χ0v) is 16.3. The Bertz CT molecular complexity index is 918. The van der Waals surface area contributed by atoms with Crippen LogP contribution >= 0.6 is 0 Å². The Hall–Kier alpha value is -2.67. The van der Waals surface area contributed by atoms with Crippen LogP contribution in [0.3, 0.4) is 0 Å². The average Bonchev–Trinajstić information content (AvgIpc) is 2.72. The second-order valence-electron chi connectivity index (χ2n) is 7.30. The zero-order valence-electron chi connectivity index (χ0n) is 19.3. The van der Waals surface area contributed by atoms with E-state index in [2.05, 4.69) is 10.2 Å². The standard InChI is InChI=1S/C22H27F2N3O2/c1-26-11-9-19(10-12-26)27(15-17-5-6-18(23)13-21(17)24)22(28)25-14-16-3-7-20(29-2)8-4-16/h3-8,13,19H,9-12,14-15H2,1-2H3,(H,25,28)/i2D3. The van der Waals surface area contributed by atoms with Crippen LogP contribution in [0.2, 0.25) is 0 Å². The van der Waals surface area contributed by atoms with E-state index in [1.807, 2.05) is 7.05 Å². The van der Waals surface area contributed by atoms with Crippen LogP contribution in [0.25, 0.3) is 0 Å². The second kappa shape index (κ2) is 9.69. The first-order valence-corrected chi connectivity index (χ1v) is 9.55. The van der Waals surface area contributed by atoms with Crippen molar-refractivity contribution < 1.29 is 22.4 Å². The van der Waals surface area contributed by atoms with Gasteiger partial charge >= 0.3 is 6.03 Å². The molecule has 1 heterocycles. The van der Waals surface area contributed by atoms with Gasteiger partial charge in [0.25, 0.3) is 0 Å². The van der Waals surface area contributed by atoms with Gasteiger partial charge in [0.05, 0.1) is 17.7 Å². The highest BCUT2D eigenvalue weighted by molar-refractivity contribution is 5.74. The number of hydrogen-bond acceptors (Lipinski definition) is 3. The predicted molar refractivity (Wildman–Crippen MR) is 108 cm³/mol. The predicted octanol–water partition coefficient (Wildman–Crippen LogP) is 3.78. The van der Waals surface area contributed by atoms with Crippen molar-refractivity contribution in [1.29, 1.82) is 0 Å². The van der Waals surface area contributed by atoms with Crippen molar-refractivity contribution >= 4 is 6.03 Å². The molecule has 0 atom stereocenters. The van der Waals surface area contributed by atoms with Crippen molar-refractivity contribution in [2.24, 2.45) is 0 Å². The number of ether oxygens (including phenoxy) is 1. The van der Waals surface area contributed by atoms with Crippen molar-refractivity contribution in [2.75, 3.05) is 27.2 Å². The van der Waals surface area contributed by atoms with E-state index in [1.54, 1.807) is 17.0 Å². The van der Waals surface area contributed by atoms with Crippen LogP contribution < -0.4 is 10.1 Å². The fourth-order valence-corrected chi connectivity index (χ4v) is 3.46. The minimum atomic E-state index is -2.53. The number of likely N-dealkylation sites (tertiary alicyclic amines) is 1. The largest absolute Gasteiger partial charge is 0.497 e. The molecule has 1 aliphatic rings. The van der Waals surface area contributed by atoms with Crippen molar-refractivity contribution in [2.45, 2.75) is 32.0 Å². The van der Waals surface area contributed by atoms with Crippen LogP contribution in [-0.4, -0.2) is 49.0 Å². The van der Waals surface area contributed by atoms with E-state index in [1.165, 1.54) is 24.3 Å². The van der Waals surface area contributed by atoms with Gasteiger partial charge in [0, 0.05) is 24.2 Å². The third-order valence-corrected chi connectivity index (χ3v) is 5.23. The summed E-state index contributed by atoms with van der Waals surface area (Å²) in [6.45, 7) is 1.90. The molecule has 156 valence electrons. The van der Waals surface area contributed by atoms with Gasteiger partial charge in [0.2, 0.25) is 0 Å². The highest BCUT2D eigenvalue weighted by atomic mass is 19.1. The van der Waals surface area contributed by atoms with E-state index in [-0.39, 0.29) is 36.5 Å². The monoisotopic (exact) mass is 406 g/mol. The molecule has 0 radical (unpaired) electrons. The zero-order chi connectivity index (χ0) is 23.3. The number of methoxy groups -OCH3 is 1. The topological polar surface area (TPSA) is 44.8 Å². The Morgan fingerprint density at radius 2 is 1.97 bits per heavy atom. The number of hydrogen-bond donors (Lipinski definition) is 1. The van der Waals surface area contributed by atoms with Gasteiger partial charge in [0.15, 0.2) is 0 Å². The van der Waals surface area contributed by atoms with Crippen LogP contribution in [0.15, 0.2) is 42.5 Å². The molecule has 2 amide bonds. The van der Waals surface area contributed by atoms with Gasteiger partial charge in [-0.3, -0.25) is 0 Å². The molecule has 0 aliphatic carbocycles. The molecule has 1 aliphatic heterocycles. The molecule has 0 bridgehead atoms. The Kier molecular flexibility index (Phi) is 5.75. The summed E-state index contributed by atoms with van der Waals surface area (Å²) in [5.41, 5.74) is 1.01. The summed E-state index contributed by atoms with van der Waals surface area (Å²) in [6.07, 6.45) is 1.52. The number of halogens is 2. The lowest BCUT2D eigenvalue weighted by Gasteiger charge is -2.37. The highest BCUT2D eigenvalue weighted by Crippen LogP contribution is 2.21. The maximum absolute atomic E-state index is 14.3. The quantitative estimate of drug-likeness (QED) is 0.794. The number of nitrogens with zero attached hydrogens (tertiary/aromatic N) is 2. The molecule has 5 nitrogen and oxygen atoms in total. The van der Waals surface area contributed by atoms with Crippen LogP contribution in [0.1, 0.15) is 28.1 Å². The summed E-state index contributed by atoms with van der Waals surface area (Å²) >= 11 is 0. The van der Waals surface area contributed by atoms with Crippen molar-refractivity contribution in [3.63, 3.8) is 0 Å². The normalized spacial score (nSPS) is 17.1. The lowest BCUT2D eigenvalue weighted by Crippen LogP contribution is -2.49. The third-order valence-electron chi connectivity index (χ3n) is 5.23. The average molecular weight is 406 g/mol. The van der Waals surface area contributed by atoms with Gasteiger partial charge < -0.3 is 19.9 Å². The molecule has 2 aromatic rings. The highest BCUT2D eigenvalue weighted by Gasteiger charge is 2.27. The molecule has 1 N–H and O–H groups in total. The Labute approximate surface area is 174 Å². The fraction of sp³-hybridized carbons (Fsp3) is 0.409. The van der Waals surface area contributed by atoms with Gasteiger partial charge in [-0.1, -0.05) is 18.2 Å². The van der Waals surface area contributed by atoms with Crippen molar-refractivity contribution in [3.8, 4) is 5.75 Å². The van der Waals surface area contributed by atoms with Gasteiger partial charge in [-0.25, -0.2) is 13.6 Å². The third kappa shape index (κ3) is 5.67. The number of benzene rings is 2. The Morgan fingerprint density at radius 3 is 2.62 bits per heavy atom. The van der Waals surface area contributed by atoms with E-state index in [9.17, 15) is 13.6 Å². The maximum atomic E-state index is 14.3. The van der Waals surface area contributed by atoms with Gasteiger partial charge in [-0.05, 0) is 56.7 Å². The smallest absolute Gasteiger partial charge is 0.318 e. The Morgan fingerprint density at radius 1 is 1.24 bits per heavy atom. The SMILES string of the molecule is [2H]C([2H])([2H])Oc1ccc(CNC(=O)N(Cc2ccc(F)cc2F)C2CCN(C)CC2)cc1. The molecule has 7 heteroatoms. The van der Waals surface area contributed by atoms with E-state index < -0.39 is 18.7 Å². The fourth-order valence-electron chi connectivity index (χ4n) is 3.46. The minimum Gasteiger partial charge on any atom is -0.497 e. The number of urea groups is 1. The first-order chi connectivity index (χ1) is 15.1. The number of piperidine rings is 1.